The second-order valence-corrected chi connectivity index (χ2v) is 14.7. The van der Waals surface area contributed by atoms with E-state index in [1.165, 1.54) is 54.0 Å². The molecule has 0 saturated carbocycles. The maximum atomic E-state index is 13.3. The highest BCUT2D eigenvalue weighted by Gasteiger charge is 2.65. The van der Waals surface area contributed by atoms with Crippen LogP contribution < -0.4 is 4.74 Å². The van der Waals surface area contributed by atoms with Crippen LogP contribution >= 0.6 is 0 Å². The highest BCUT2D eigenvalue weighted by Crippen LogP contribution is 2.62. The third kappa shape index (κ3) is 4.81. The van der Waals surface area contributed by atoms with Gasteiger partial charge in [0.05, 0.1) is 35.0 Å². The Balaban J connectivity index is 1.37. The number of benzene rings is 1. The van der Waals surface area contributed by atoms with E-state index >= 15 is 0 Å². The Morgan fingerprint density at radius 2 is 1.76 bits per heavy atom. The van der Waals surface area contributed by atoms with Gasteiger partial charge in [-0.05, 0) is 127 Å². The molecule has 2 aromatic heterocycles. The van der Waals surface area contributed by atoms with Gasteiger partial charge < -0.3 is 19.3 Å². The van der Waals surface area contributed by atoms with E-state index in [4.69, 9.17) is 9.72 Å². The van der Waals surface area contributed by atoms with Crippen molar-refractivity contribution in [3.05, 3.63) is 66.5 Å². The number of fused-ring (bicyclic) bond motifs is 5. The van der Waals surface area contributed by atoms with E-state index in [-0.39, 0.29) is 11.5 Å². The van der Waals surface area contributed by atoms with Gasteiger partial charge in [-0.15, -0.1) is 0 Å². The van der Waals surface area contributed by atoms with Crippen molar-refractivity contribution in [1.82, 2.24) is 19.4 Å². The third-order valence-electron chi connectivity index (χ3n) is 12.1. The second-order valence-electron chi connectivity index (χ2n) is 14.7. The topological polar surface area (TPSA) is 53.8 Å². The summed E-state index contributed by atoms with van der Waals surface area (Å²) < 4.78 is 8.64. The number of piperidine rings is 1. The molecule has 3 bridgehead atoms. The molecule has 1 aromatic carbocycles. The average Bonchev–Trinajstić information content (AvgIpc) is 3.54. The molecule has 2 saturated heterocycles. The van der Waals surface area contributed by atoms with Crippen LogP contribution in [0.25, 0.3) is 27.4 Å². The highest BCUT2D eigenvalue weighted by molar-refractivity contribution is 6.12. The lowest BCUT2D eigenvalue weighted by molar-refractivity contribution is -0.0894. The Morgan fingerprint density at radius 1 is 0.935 bits per heavy atom. The Labute approximate surface area is 274 Å². The predicted molar refractivity (Wildman–Crippen MR) is 188 cm³/mol. The number of hydrogen-bond acceptors (Lipinski definition) is 5. The molecule has 0 radical (unpaired) electrons. The number of rotatable bonds is 4. The summed E-state index contributed by atoms with van der Waals surface area (Å²) in [7, 11) is 0. The van der Waals surface area contributed by atoms with E-state index in [0.29, 0.717) is 18.6 Å². The van der Waals surface area contributed by atoms with E-state index < -0.39 is 5.60 Å². The molecule has 46 heavy (non-hydrogen) atoms. The van der Waals surface area contributed by atoms with Crippen LogP contribution in [-0.4, -0.2) is 74.9 Å². The van der Waals surface area contributed by atoms with E-state index in [2.05, 4.69) is 82.9 Å². The number of aryl methyl sites for hydroxylation is 1. The van der Waals surface area contributed by atoms with Crippen molar-refractivity contribution < 1.29 is 9.84 Å². The lowest BCUT2D eigenvalue weighted by Crippen LogP contribution is -2.65. The molecular weight excluding hydrogens is 568 g/mol. The molecule has 2 fully saturated rings. The van der Waals surface area contributed by atoms with Crippen molar-refractivity contribution in [3.63, 3.8) is 0 Å². The zero-order valence-electron chi connectivity index (χ0n) is 28.0. The Kier molecular flexibility index (Phi) is 8.11. The fraction of sp³-hybridized carbons (Fsp3) is 0.575. The lowest BCUT2D eigenvalue weighted by atomic mass is 9.54. The third-order valence-corrected chi connectivity index (χ3v) is 12.1. The summed E-state index contributed by atoms with van der Waals surface area (Å²) in [6, 6.07) is 9.14. The second kappa shape index (κ2) is 12.3. The van der Waals surface area contributed by atoms with Crippen LogP contribution in [0.4, 0.5) is 0 Å². The minimum Gasteiger partial charge on any atom is -0.492 e. The summed E-state index contributed by atoms with van der Waals surface area (Å²) in [6.45, 7) is 10.2. The van der Waals surface area contributed by atoms with Gasteiger partial charge in [-0.3, -0.25) is 9.88 Å². The number of aliphatic hydroxyl groups is 1. The Hall–Kier alpha value is -2.93. The molecule has 4 aliphatic heterocycles. The SMILES string of the molecule is CCOc1cccc2c3ccnc(C4=CC5(O)CCC=CCCCCN6CCC4C4(CC7C=CCCCCN7C54)C6)c3n(CC)c12. The van der Waals surface area contributed by atoms with E-state index in [9.17, 15) is 5.11 Å². The van der Waals surface area contributed by atoms with Gasteiger partial charge in [0.1, 0.15) is 5.75 Å². The number of aromatic nitrogens is 2. The fourth-order valence-electron chi connectivity index (χ4n) is 10.5. The minimum atomic E-state index is -0.932. The molecular formula is C40H52N4O2. The summed E-state index contributed by atoms with van der Waals surface area (Å²) in [4.78, 5) is 10.8. The van der Waals surface area contributed by atoms with Crippen LogP contribution in [0.3, 0.4) is 0 Å². The van der Waals surface area contributed by atoms with Gasteiger partial charge in [0, 0.05) is 41.5 Å². The average molecular weight is 621 g/mol. The quantitative estimate of drug-likeness (QED) is 0.303. The largest absolute Gasteiger partial charge is 0.492 e. The molecule has 0 amide bonds. The highest BCUT2D eigenvalue weighted by atomic mass is 16.5. The van der Waals surface area contributed by atoms with E-state index in [1.54, 1.807) is 0 Å². The molecule has 8 rings (SSSR count). The molecule has 6 atom stereocenters. The van der Waals surface area contributed by atoms with Gasteiger partial charge in [0.25, 0.3) is 0 Å². The molecule has 6 heterocycles. The molecule has 6 unspecified atom stereocenters. The van der Waals surface area contributed by atoms with Crippen molar-refractivity contribution >= 4 is 27.4 Å². The Bertz CT molecular complexity index is 1690. The molecule has 3 aromatic rings. The van der Waals surface area contributed by atoms with Gasteiger partial charge in [0.15, 0.2) is 0 Å². The maximum absolute atomic E-state index is 13.3. The van der Waals surface area contributed by atoms with Crippen LogP contribution in [0.1, 0.15) is 83.7 Å². The van der Waals surface area contributed by atoms with Gasteiger partial charge >= 0.3 is 0 Å². The number of hydrogen-bond donors (Lipinski definition) is 1. The summed E-state index contributed by atoms with van der Waals surface area (Å²) >= 11 is 0. The van der Waals surface area contributed by atoms with Crippen LogP contribution in [0.15, 0.2) is 60.8 Å². The molecule has 1 N–H and O–H groups in total. The normalized spacial score (nSPS) is 33.4. The molecule has 1 spiro atoms. The first-order valence-electron chi connectivity index (χ1n) is 18.4. The van der Waals surface area contributed by atoms with Crippen LogP contribution in [-0.2, 0) is 6.54 Å². The van der Waals surface area contributed by atoms with Gasteiger partial charge in [-0.2, -0.15) is 0 Å². The zero-order valence-corrected chi connectivity index (χ0v) is 28.0. The number of nitrogens with zero attached hydrogens (tertiary/aromatic N) is 4. The maximum Gasteiger partial charge on any atom is 0.143 e. The van der Waals surface area contributed by atoms with Gasteiger partial charge in [-0.1, -0.05) is 36.4 Å². The number of pyridine rings is 1. The molecule has 6 heteroatoms. The predicted octanol–water partition coefficient (Wildman–Crippen LogP) is 7.75. The van der Waals surface area contributed by atoms with E-state index in [1.807, 2.05) is 6.20 Å². The van der Waals surface area contributed by atoms with Crippen molar-refractivity contribution in [2.24, 2.45) is 11.3 Å². The minimum absolute atomic E-state index is 0.0302. The van der Waals surface area contributed by atoms with Crippen molar-refractivity contribution in [3.8, 4) is 5.75 Å². The first-order chi connectivity index (χ1) is 22.6. The van der Waals surface area contributed by atoms with Crippen LogP contribution in [0.2, 0.25) is 0 Å². The molecule has 1 aliphatic carbocycles. The first-order valence-corrected chi connectivity index (χ1v) is 18.4. The summed E-state index contributed by atoms with van der Waals surface area (Å²) in [5.74, 6) is 1.29. The molecule has 244 valence electrons. The van der Waals surface area contributed by atoms with Gasteiger partial charge in [-0.25, -0.2) is 0 Å². The van der Waals surface area contributed by atoms with Crippen LogP contribution in [0, 0.1) is 11.3 Å². The first kappa shape index (κ1) is 30.4. The lowest BCUT2D eigenvalue weighted by Gasteiger charge is -2.58. The van der Waals surface area contributed by atoms with Gasteiger partial charge in [0.2, 0.25) is 0 Å². The van der Waals surface area contributed by atoms with Crippen molar-refractivity contribution in [2.45, 2.75) is 102 Å². The summed E-state index contributed by atoms with van der Waals surface area (Å²) in [5, 5.41) is 15.7. The Morgan fingerprint density at radius 3 is 2.63 bits per heavy atom. The smallest absolute Gasteiger partial charge is 0.143 e. The summed E-state index contributed by atoms with van der Waals surface area (Å²) in [5.41, 5.74) is 3.75. The standard InChI is InChI=1S/C40H52N4O2/c1-3-43-36-30(17-15-18-34(36)46-4-2)31-19-22-41-35(37(31)43)32-27-40(45)21-12-8-5-6-9-13-23-42-25-20-33(32)39(28-42)26-29-16-11-7-10-14-24-44(29)38(39)40/h5,8,11,15-19,22,27,29,33,38,45H,3-4,6-7,9-10,12-14,20-21,23-26,28H2,1-2H3. The number of ether oxygens (including phenoxy) is 1. The molecule has 5 aliphatic rings. The summed E-state index contributed by atoms with van der Waals surface area (Å²) in [6.07, 6.45) is 25.1. The zero-order chi connectivity index (χ0) is 31.3. The van der Waals surface area contributed by atoms with Crippen molar-refractivity contribution in [2.75, 3.05) is 32.8 Å². The van der Waals surface area contributed by atoms with Crippen LogP contribution in [0.5, 0.6) is 5.75 Å². The monoisotopic (exact) mass is 620 g/mol. The van der Waals surface area contributed by atoms with Crippen molar-refractivity contribution in [1.29, 1.82) is 0 Å². The number of allylic oxidation sites excluding steroid dienone is 4. The van der Waals surface area contributed by atoms with E-state index in [0.717, 1.165) is 81.8 Å². The fourth-order valence-corrected chi connectivity index (χ4v) is 10.5. The molecule has 6 nitrogen and oxygen atoms in total. The number of para-hydroxylation sites is 1.